The topological polar surface area (TPSA) is 20.2 Å². The summed E-state index contributed by atoms with van der Waals surface area (Å²) in [5.41, 5.74) is 4.05. The van der Waals surface area contributed by atoms with Crippen LogP contribution in [0.3, 0.4) is 0 Å². The average molecular weight is 275 g/mol. The molecule has 2 aromatic carbocycles. The average Bonchev–Trinajstić information content (AvgIpc) is 2.41. The Morgan fingerprint density at radius 3 is 1.95 bits per heavy atom. The third-order valence-electron chi connectivity index (χ3n) is 3.42. The van der Waals surface area contributed by atoms with Crippen LogP contribution in [-0.4, -0.2) is 5.11 Å². The van der Waals surface area contributed by atoms with Gasteiger partial charge in [-0.25, -0.2) is 0 Å². The van der Waals surface area contributed by atoms with Gasteiger partial charge in [0.2, 0.25) is 0 Å². The van der Waals surface area contributed by atoms with Crippen molar-refractivity contribution in [1.29, 1.82) is 0 Å². The number of aliphatic hydroxyl groups is 1. The Hall–Kier alpha value is -1.31. The van der Waals surface area contributed by atoms with Crippen molar-refractivity contribution < 1.29 is 5.11 Å². The highest BCUT2D eigenvalue weighted by molar-refractivity contribution is 6.31. The molecular formula is C17H19ClO. The lowest BCUT2D eigenvalue weighted by Crippen LogP contribution is -2.00. The first-order valence-corrected chi connectivity index (χ1v) is 6.91. The van der Waals surface area contributed by atoms with Gasteiger partial charge in [0.1, 0.15) is 6.10 Å². The Kier molecular flexibility index (Phi) is 4.28. The molecule has 19 heavy (non-hydrogen) atoms. The van der Waals surface area contributed by atoms with Gasteiger partial charge in [-0.1, -0.05) is 61.8 Å². The van der Waals surface area contributed by atoms with Crippen molar-refractivity contribution >= 4 is 11.6 Å². The zero-order valence-electron chi connectivity index (χ0n) is 11.5. The molecule has 0 aromatic heterocycles. The van der Waals surface area contributed by atoms with Gasteiger partial charge in [-0.15, -0.1) is 0 Å². The standard InChI is InChI=1S/C17H19ClO/c1-11(2)13-4-6-14(7-5-13)17(19)15-8-9-16(18)12(3)10-15/h4-11,17,19H,1-3H3. The monoisotopic (exact) mass is 274 g/mol. The first-order valence-electron chi connectivity index (χ1n) is 6.53. The van der Waals surface area contributed by atoms with Gasteiger partial charge < -0.3 is 5.11 Å². The van der Waals surface area contributed by atoms with E-state index < -0.39 is 6.10 Å². The Bertz CT molecular complexity index is 558. The van der Waals surface area contributed by atoms with Crippen molar-refractivity contribution in [3.63, 3.8) is 0 Å². The summed E-state index contributed by atoms with van der Waals surface area (Å²) < 4.78 is 0. The van der Waals surface area contributed by atoms with Crippen LogP contribution in [0.15, 0.2) is 42.5 Å². The molecule has 1 atom stereocenters. The fourth-order valence-electron chi connectivity index (χ4n) is 2.09. The van der Waals surface area contributed by atoms with Gasteiger partial charge in [0.15, 0.2) is 0 Å². The summed E-state index contributed by atoms with van der Waals surface area (Å²) in [6.07, 6.45) is -0.600. The van der Waals surface area contributed by atoms with Gasteiger partial charge >= 0.3 is 0 Å². The molecule has 0 radical (unpaired) electrons. The van der Waals surface area contributed by atoms with E-state index in [1.54, 1.807) is 0 Å². The predicted octanol–water partition coefficient (Wildman–Crippen LogP) is 4.85. The minimum Gasteiger partial charge on any atom is -0.384 e. The molecule has 0 aliphatic rings. The van der Waals surface area contributed by atoms with Crippen LogP contribution < -0.4 is 0 Å². The molecule has 0 aliphatic heterocycles. The van der Waals surface area contributed by atoms with Crippen LogP contribution in [0, 0.1) is 6.92 Å². The predicted molar refractivity (Wildman–Crippen MR) is 80.8 cm³/mol. The van der Waals surface area contributed by atoms with Crippen molar-refractivity contribution in [2.24, 2.45) is 0 Å². The van der Waals surface area contributed by atoms with Crippen molar-refractivity contribution in [2.75, 3.05) is 0 Å². The van der Waals surface area contributed by atoms with Crippen molar-refractivity contribution in [3.05, 3.63) is 69.7 Å². The Labute approximate surface area is 119 Å². The van der Waals surface area contributed by atoms with Gasteiger partial charge in [-0.3, -0.25) is 0 Å². The molecule has 2 aromatic rings. The van der Waals surface area contributed by atoms with E-state index in [1.807, 2.05) is 37.3 Å². The van der Waals surface area contributed by atoms with Gasteiger partial charge in [0.05, 0.1) is 0 Å². The normalized spacial score (nSPS) is 12.7. The summed E-state index contributed by atoms with van der Waals surface area (Å²) in [5.74, 6) is 0.504. The van der Waals surface area contributed by atoms with E-state index in [0.29, 0.717) is 5.92 Å². The summed E-state index contributed by atoms with van der Waals surface area (Å²) in [5, 5.41) is 11.1. The number of aliphatic hydroxyl groups excluding tert-OH is 1. The van der Waals surface area contributed by atoms with E-state index in [9.17, 15) is 5.11 Å². The smallest absolute Gasteiger partial charge is 0.104 e. The zero-order chi connectivity index (χ0) is 14.0. The molecule has 1 N–H and O–H groups in total. The lowest BCUT2D eigenvalue weighted by atomic mass is 9.96. The number of rotatable bonds is 3. The van der Waals surface area contributed by atoms with Gasteiger partial charge in [-0.05, 0) is 41.2 Å². The molecule has 1 nitrogen and oxygen atoms in total. The highest BCUT2D eigenvalue weighted by Crippen LogP contribution is 2.26. The third-order valence-corrected chi connectivity index (χ3v) is 3.84. The minimum absolute atomic E-state index is 0.504. The molecule has 0 fully saturated rings. The number of hydrogen-bond acceptors (Lipinski definition) is 1. The lowest BCUT2D eigenvalue weighted by Gasteiger charge is -2.14. The van der Waals surface area contributed by atoms with Crippen LogP contribution in [0.25, 0.3) is 0 Å². The Morgan fingerprint density at radius 1 is 0.895 bits per heavy atom. The molecule has 2 heteroatoms. The van der Waals surface area contributed by atoms with E-state index in [2.05, 4.69) is 26.0 Å². The SMILES string of the molecule is Cc1cc(C(O)c2ccc(C(C)C)cc2)ccc1Cl. The maximum atomic E-state index is 10.4. The van der Waals surface area contributed by atoms with Crippen LogP contribution in [-0.2, 0) is 0 Å². The van der Waals surface area contributed by atoms with Gasteiger partial charge in [0, 0.05) is 5.02 Å². The van der Waals surface area contributed by atoms with Crippen LogP contribution in [0.1, 0.15) is 48.1 Å². The van der Waals surface area contributed by atoms with Crippen LogP contribution in [0.2, 0.25) is 5.02 Å². The second-order valence-electron chi connectivity index (χ2n) is 5.23. The number of benzene rings is 2. The Balaban J connectivity index is 2.27. The molecule has 0 aliphatic carbocycles. The van der Waals surface area contributed by atoms with E-state index in [4.69, 9.17) is 11.6 Å². The van der Waals surface area contributed by atoms with Crippen LogP contribution in [0.4, 0.5) is 0 Å². The molecule has 1 unspecified atom stereocenters. The summed E-state index contributed by atoms with van der Waals surface area (Å²) in [4.78, 5) is 0. The number of hydrogen-bond donors (Lipinski definition) is 1. The highest BCUT2D eigenvalue weighted by Gasteiger charge is 2.11. The summed E-state index contributed by atoms with van der Waals surface area (Å²) in [7, 11) is 0. The number of aryl methyl sites for hydroxylation is 1. The highest BCUT2D eigenvalue weighted by atomic mass is 35.5. The molecule has 2 rings (SSSR count). The maximum absolute atomic E-state index is 10.4. The largest absolute Gasteiger partial charge is 0.384 e. The quantitative estimate of drug-likeness (QED) is 0.848. The molecule has 0 bridgehead atoms. The molecule has 0 saturated heterocycles. The van der Waals surface area contributed by atoms with Crippen molar-refractivity contribution in [3.8, 4) is 0 Å². The lowest BCUT2D eigenvalue weighted by molar-refractivity contribution is 0.220. The molecular weight excluding hydrogens is 256 g/mol. The summed E-state index contributed by atoms with van der Waals surface area (Å²) >= 11 is 6.01. The fourth-order valence-corrected chi connectivity index (χ4v) is 2.21. The maximum Gasteiger partial charge on any atom is 0.104 e. The van der Waals surface area contributed by atoms with Crippen LogP contribution in [0.5, 0.6) is 0 Å². The second-order valence-corrected chi connectivity index (χ2v) is 5.64. The van der Waals surface area contributed by atoms with Gasteiger partial charge in [-0.2, -0.15) is 0 Å². The van der Waals surface area contributed by atoms with E-state index >= 15 is 0 Å². The molecule has 0 amide bonds. The fraction of sp³-hybridized carbons (Fsp3) is 0.294. The molecule has 0 spiro atoms. The molecule has 0 heterocycles. The zero-order valence-corrected chi connectivity index (χ0v) is 12.3. The first-order chi connectivity index (χ1) is 8.99. The van der Waals surface area contributed by atoms with Crippen molar-refractivity contribution in [1.82, 2.24) is 0 Å². The van der Waals surface area contributed by atoms with Crippen LogP contribution >= 0.6 is 11.6 Å². The number of halogens is 1. The third kappa shape index (κ3) is 3.17. The van der Waals surface area contributed by atoms with Gasteiger partial charge in [0.25, 0.3) is 0 Å². The molecule has 100 valence electrons. The van der Waals surface area contributed by atoms with E-state index in [1.165, 1.54) is 5.56 Å². The molecule has 0 saturated carbocycles. The second kappa shape index (κ2) is 5.77. The van der Waals surface area contributed by atoms with Crippen molar-refractivity contribution in [2.45, 2.75) is 32.8 Å². The Morgan fingerprint density at radius 2 is 1.42 bits per heavy atom. The van der Waals surface area contributed by atoms with E-state index in [0.717, 1.165) is 21.7 Å². The van der Waals surface area contributed by atoms with E-state index in [-0.39, 0.29) is 0 Å². The first kappa shape index (κ1) is 14.1. The summed E-state index contributed by atoms with van der Waals surface area (Å²) in [6.45, 7) is 6.27. The minimum atomic E-state index is -0.600. The summed E-state index contributed by atoms with van der Waals surface area (Å²) in [6, 6.07) is 13.8.